The van der Waals surface area contributed by atoms with Crippen LogP contribution in [0.5, 0.6) is 5.75 Å². The van der Waals surface area contributed by atoms with E-state index in [2.05, 4.69) is 15.9 Å². The first kappa shape index (κ1) is 17.2. The third kappa shape index (κ3) is 3.15. The fraction of sp³-hybridized carbons (Fsp3) is 0. The van der Waals surface area contributed by atoms with Crippen LogP contribution in [0.1, 0.15) is 31.1 Å². The summed E-state index contributed by atoms with van der Waals surface area (Å²) in [4.78, 5) is 38.5. The van der Waals surface area contributed by atoms with Crippen molar-refractivity contribution in [3.05, 3.63) is 94.0 Å². The zero-order valence-electron chi connectivity index (χ0n) is 13.9. The number of rotatable bonds is 3. The molecule has 0 aliphatic carbocycles. The summed E-state index contributed by atoms with van der Waals surface area (Å²) in [5.41, 5.74) is 1.46. The molecule has 0 spiro atoms. The molecule has 1 heterocycles. The van der Waals surface area contributed by atoms with E-state index in [0.29, 0.717) is 22.4 Å². The molecular formula is C21H12BrNO4. The molecule has 0 N–H and O–H groups in total. The Balaban J connectivity index is 1.60. The number of anilines is 1. The second-order valence-corrected chi connectivity index (χ2v) is 6.80. The van der Waals surface area contributed by atoms with E-state index in [1.807, 2.05) is 0 Å². The van der Waals surface area contributed by atoms with Crippen molar-refractivity contribution in [2.75, 3.05) is 4.90 Å². The summed E-state index contributed by atoms with van der Waals surface area (Å²) in [5.74, 6) is -1.07. The molecule has 3 aromatic rings. The van der Waals surface area contributed by atoms with Gasteiger partial charge in [-0.15, -0.1) is 0 Å². The Morgan fingerprint density at radius 1 is 0.815 bits per heavy atom. The molecule has 0 atom stereocenters. The molecule has 0 saturated heterocycles. The highest BCUT2D eigenvalue weighted by Crippen LogP contribution is 2.30. The third-order valence-corrected chi connectivity index (χ3v) is 4.69. The molecule has 5 nitrogen and oxygen atoms in total. The molecule has 1 aliphatic heterocycles. The van der Waals surface area contributed by atoms with Gasteiger partial charge in [0.1, 0.15) is 5.75 Å². The van der Waals surface area contributed by atoms with Gasteiger partial charge in [0.15, 0.2) is 0 Å². The first-order valence-corrected chi connectivity index (χ1v) is 8.89. The maximum Gasteiger partial charge on any atom is 0.343 e. The van der Waals surface area contributed by atoms with Crippen molar-refractivity contribution in [3.8, 4) is 5.75 Å². The second kappa shape index (κ2) is 6.81. The summed E-state index contributed by atoms with van der Waals surface area (Å²) >= 11 is 3.31. The van der Waals surface area contributed by atoms with E-state index in [-0.39, 0.29) is 5.75 Å². The molecule has 2 amide bonds. The maximum absolute atomic E-state index is 12.6. The Bertz CT molecular complexity index is 1040. The van der Waals surface area contributed by atoms with Crippen LogP contribution in [0.25, 0.3) is 0 Å². The van der Waals surface area contributed by atoms with Gasteiger partial charge in [-0.05, 0) is 48.5 Å². The van der Waals surface area contributed by atoms with Gasteiger partial charge in [0.05, 0.1) is 22.4 Å². The monoisotopic (exact) mass is 421 g/mol. The molecule has 0 saturated carbocycles. The van der Waals surface area contributed by atoms with Crippen LogP contribution in [-0.2, 0) is 0 Å². The lowest BCUT2D eigenvalue weighted by Crippen LogP contribution is -2.29. The summed E-state index contributed by atoms with van der Waals surface area (Å²) in [7, 11) is 0. The van der Waals surface area contributed by atoms with E-state index in [9.17, 15) is 14.4 Å². The van der Waals surface area contributed by atoms with Crippen molar-refractivity contribution >= 4 is 39.4 Å². The normalized spacial score (nSPS) is 12.9. The summed E-state index contributed by atoms with van der Waals surface area (Å²) in [5, 5.41) is 0. The number of amides is 2. The molecule has 27 heavy (non-hydrogen) atoms. The summed E-state index contributed by atoms with van der Waals surface area (Å²) in [6.45, 7) is 0. The predicted octanol–water partition coefficient (Wildman–Crippen LogP) is 4.47. The second-order valence-electron chi connectivity index (χ2n) is 5.89. The van der Waals surface area contributed by atoms with Gasteiger partial charge in [0.25, 0.3) is 11.8 Å². The Kier molecular flexibility index (Phi) is 4.33. The topological polar surface area (TPSA) is 63.7 Å². The van der Waals surface area contributed by atoms with Gasteiger partial charge < -0.3 is 4.74 Å². The average Bonchev–Trinajstić information content (AvgIpc) is 2.93. The van der Waals surface area contributed by atoms with E-state index in [1.54, 1.807) is 66.7 Å². The molecule has 3 aromatic carbocycles. The zero-order valence-corrected chi connectivity index (χ0v) is 15.5. The molecule has 4 rings (SSSR count). The number of hydrogen-bond donors (Lipinski definition) is 0. The molecular weight excluding hydrogens is 410 g/mol. The van der Waals surface area contributed by atoms with Crippen molar-refractivity contribution in [1.82, 2.24) is 0 Å². The fourth-order valence-corrected chi connectivity index (χ4v) is 3.13. The Hall–Kier alpha value is -3.25. The number of hydrogen-bond acceptors (Lipinski definition) is 4. The predicted molar refractivity (Wildman–Crippen MR) is 103 cm³/mol. The number of ether oxygens (including phenoxy) is 1. The van der Waals surface area contributed by atoms with Crippen molar-refractivity contribution < 1.29 is 19.1 Å². The SMILES string of the molecule is O=C(Oc1cccc(N2C(=O)c3ccccc3C2=O)c1)c1ccc(Br)cc1. The number of halogens is 1. The molecule has 6 heteroatoms. The lowest BCUT2D eigenvalue weighted by atomic mass is 10.1. The Morgan fingerprint density at radius 2 is 1.44 bits per heavy atom. The van der Waals surface area contributed by atoms with Crippen LogP contribution < -0.4 is 9.64 Å². The standard InChI is InChI=1S/C21H12BrNO4/c22-14-10-8-13(9-11-14)21(26)27-16-5-3-4-15(12-16)23-19(24)17-6-1-2-7-18(17)20(23)25/h1-12H. The number of imide groups is 1. The number of nitrogens with zero attached hydrogens (tertiary/aromatic N) is 1. The van der Waals surface area contributed by atoms with Crippen LogP contribution in [0.3, 0.4) is 0 Å². The van der Waals surface area contributed by atoms with Crippen LogP contribution >= 0.6 is 15.9 Å². The smallest absolute Gasteiger partial charge is 0.343 e. The minimum Gasteiger partial charge on any atom is -0.423 e. The number of carbonyl (C=O) groups excluding carboxylic acids is 3. The van der Waals surface area contributed by atoms with Gasteiger partial charge in [-0.1, -0.05) is 34.1 Å². The van der Waals surface area contributed by atoms with Gasteiger partial charge in [0.2, 0.25) is 0 Å². The van der Waals surface area contributed by atoms with Gasteiger partial charge >= 0.3 is 5.97 Å². The first-order chi connectivity index (χ1) is 13.0. The largest absolute Gasteiger partial charge is 0.423 e. The van der Waals surface area contributed by atoms with E-state index >= 15 is 0 Å². The van der Waals surface area contributed by atoms with Crippen molar-refractivity contribution in [1.29, 1.82) is 0 Å². The van der Waals surface area contributed by atoms with Crippen molar-refractivity contribution in [2.45, 2.75) is 0 Å². The molecule has 0 bridgehead atoms. The minimum absolute atomic E-state index is 0.247. The van der Waals surface area contributed by atoms with Crippen LogP contribution in [-0.4, -0.2) is 17.8 Å². The molecule has 0 aromatic heterocycles. The molecule has 0 unspecified atom stereocenters. The summed E-state index contributed by atoms with van der Waals surface area (Å²) < 4.78 is 6.24. The number of esters is 1. The van der Waals surface area contributed by atoms with Gasteiger partial charge in [0, 0.05) is 10.5 Å². The molecule has 0 radical (unpaired) electrons. The van der Waals surface area contributed by atoms with E-state index in [4.69, 9.17) is 4.74 Å². The minimum atomic E-state index is -0.526. The third-order valence-electron chi connectivity index (χ3n) is 4.16. The van der Waals surface area contributed by atoms with E-state index in [0.717, 1.165) is 9.37 Å². The van der Waals surface area contributed by atoms with Crippen molar-refractivity contribution in [2.24, 2.45) is 0 Å². The highest BCUT2D eigenvalue weighted by molar-refractivity contribution is 9.10. The van der Waals surface area contributed by atoms with Gasteiger partial charge in [-0.2, -0.15) is 0 Å². The van der Waals surface area contributed by atoms with E-state index in [1.165, 1.54) is 6.07 Å². The summed E-state index contributed by atoms with van der Waals surface area (Å²) in [6.07, 6.45) is 0. The maximum atomic E-state index is 12.6. The quantitative estimate of drug-likeness (QED) is 0.355. The lowest BCUT2D eigenvalue weighted by Gasteiger charge is -2.15. The van der Waals surface area contributed by atoms with E-state index < -0.39 is 17.8 Å². The average molecular weight is 422 g/mol. The number of carbonyl (C=O) groups is 3. The highest BCUT2D eigenvalue weighted by Gasteiger charge is 2.36. The van der Waals surface area contributed by atoms with Crippen LogP contribution in [0.2, 0.25) is 0 Å². The Morgan fingerprint density at radius 3 is 2.07 bits per heavy atom. The molecule has 132 valence electrons. The fourth-order valence-electron chi connectivity index (χ4n) is 2.86. The Labute approximate surface area is 163 Å². The molecule has 0 fully saturated rings. The van der Waals surface area contributed by atoms with Crippen molar-refractivity contribution in [3.63, 3.8) is 0 Å². The first-order valence-electron chi connectivity index (χ1n) is 8.10. The number of fused-ring (bicyclic) bond motifs is 1. The summed E-state index contributed by atoms with van der Waals surface area (Å²) in [6, 6.07) is 19.8. The van der Waals surface area contributed by atoms with Gasteiger partial charge in [-0.3, -0.25) is 9.59 Å². The highest BCUT2D eigenvalue weighted by atomic mass is 79.9. The zero-order chi connectivity index (χ0) is 19.0. The number of benzene rings is 3. The van der Waals surface area contributed by atoms with Crippen LogP contribution in [0.15, 0.2) is 77.3 Å². The molecule has 1 aliphatic rings. The van der Waals surface area contributed by atoms with Gasteiger partial charge in [-0.25, -0.2) is 9.69 Å². The van der Waals surface area contributed by atoms with Crippen LogP contribution in [0, 0.1) is 0 Å². The van der Waals surface area contributed by atoms with Crippen LogP contribution in [0.4, 0.5) is 5.69 Å². The lowest BCUT2D eigenvalue weighted by molar-refractivity contribution is 0.0734.